The van der Waals surface area contributed by atoms with Crippen LogP contribution in [0, 0.1) is 0 Å². The molecule has 0 spiro atoms. The van der Waals surface area contributed by atoms with E-state index in [1.54, 1.807) is 26.7 Å². The van der Waals surface area contributed by atoms with E-state index in [2.05, 4.69) is 32.4 Å². The summed E-state index contributed by atoms with van der Waals surface area (Å²) in [5.74, 6) is 2.39. The first-order chi connectivity index (χ1) is 14.3. The molecular weight excluding hydrogens is 364 g/mol. The van der Waals surface area contributed by atoms with Crippen molar-refractivity contribution in [3.05, 3.63) is 72.7 Å². The van der Waals surface area contributed by atoms with Gasteiger partial charge in [0.1, 0.15) is 23.6 Å². The van der Waals surface area contributed by atoms with Gasteiger partial charge in [0.15, 0.2) is 0 Å². The number of methoxy groups -OCH3 is 2. The zero-order valence-electron chi connectivity index (χ0n) is 16.4. The zero-order valence-corrected chi connectivity index (χ0v) is 16.4. The van der Waals surface area contributed by atoms with Gasteiger partial charge in [-0.3, -0.25) is 4.98 Å². The molecule has 0 aliphatic heterocycles. The third kappa shape index (κ3) is 4.27. The summed E-state index contributed by atoms with van der Waals surface area (Å²) in [7, 11) is 3.32. The predicted molar refractivity (Wildman–Crippen MR) is 115 cm³/mol. The Morgan fingerprint density at radius 2 is 1.83 bits per heavy atom. The molecule has 0 saturated heterocycles. The largest absolute Gasteiger partial charge is 0.497 e. The highest BCUT2D eigenvalue weighted by molar-refractivity contribution is 5.83. The van der Waals surface area contributed by atoms with E-state index in [9.17, 15) is 0 Å². The molecule has 0 aliphatic rings. The summed E-state index contributed by atoms with van der Waals surface area (Å²) in [5.41, 5.74) is 3.98. The SMILES string of the molecule is COc1ccc(CCNc2cc(-c3ccc4ncccc4c3)ncn2)c(OC)c1. The van der Waals surface area contributed by atoms with Gasteiger partial charge in [0.2, 0.25) is 0 Å². The second-order valence-corrected chi connectivity index (χ2v) is 6.55. The Balaban J connectivity index is 1.46. The maximum absolute atomic E-state index is 5.46. The van der Waals surface area contributed by atoms with Gasteiger partial charge in [-0.05, 0) is 36.2 Å². The second kappa shape index (κ2) is 8.56. The average Bonchev–Trinajstić information content (AvgIpc) is 2.79. The summed E-state index contributed by atoms with van der Waals surface area (Å²) in [6.07, 6.45) is 4.18. The van der Waals surface area contributed by atoms with Crippen molar-refractivity contribution in [2.75, 3.05) is 26.1 Å². The lowest BCUT2D eigenvalue weighted by molar-refractivity contribution is 0.391. The smallest absolute Gasteiger partial charge is 0.129 e. The Morgan fingerprint density at radius 1 is 0.897 bits per heavy atom. The summed E-state index contributed by atoms with van der Waals surface area (Å²) in [4.78, 5) is 13.1. The Bertz CT molecular complexity index is 1130. The van der Waals surface area contributed by atoms with E-state index in [4.69, 9.17) is 9.47 Å². The van der Waals surface area contributed by atoms with E-state index in [1.165, 1.54) is 0 Å². The van der Waals surface area contributed by atoms with Gasteiger partial charge in [-0.1, -0.05) is 18.2 Å². The van der Waals surface area contributed by atoms with Gasteiger partial charge in [0.25, 0.3) is 0 Å². The average molecular weight is 386 g/mol. The van der Waals surface area contributed by atoms with E-state index in [1.807, 2.05) is 42.5 Å². The molecule has 2 heterocycles. The summed E-state index contributed by atoms with van der Waals surface area (Å²) >= 11 is 0. The van der Waals surface area contributed by atoms with Crippen LogP contribution in [0.2, 0.25) is 0 Å². The van der Waals surface area contributed by atoms with E-state index in [0.717, 1.165) is 58.0 Å². The minimum absolute atomic E-state index is 0.723. The Morgan fingerprint density at radius 3 is 2.69 bits per heavy atom. The number of hydrogen-bond donors (Lipinski definition) is 1. The summed E-state index contributed by atoms with van der Waals surface area (Å²) in [6, 6.07) is 17.9. The van der Waals surface area contributed by atoms with Gasteiger partial charge in [-0.15, -0.1) is 0 Å². The number of rotatable bonds is 7. The minimum atomic E-state index is 0.723. The molecule has 0 atom stereocenters. The predicted octanol–water partition coefficient (Wildman–Crippen LogP) is 4.36. The molecule has 4 rings (SSSR count). The first-order valence-electron chi connectivity index (χ1n) is 9.39. The second-order valence-electron chi connectivity index (χ2n) is 6.55. The lowest BCUT2D eigenvalue weighted by atomic mass is 10.1. The standard InChI is InChI=1S/C23H22N4O2/c1-28-19-7-5-16(22(13-19)29-2)9-11-25-23-14-21(26-15-27-23)18-6-8-20-17(12-18)4-3-10-24-20/h3-8,10,12-15H,9,11H2,1-2H3,(H,25,26,27). The van der Waals surface area contributed by atoms with Crippen molar-refractivity contribution in [2.45, 2.75) is 6.42 Å². The van der Waals surface area contributed by atoms with Gasteiger partial charge in [-0.25, -0.2) is 9.97 Å². The number of aromatic nitrogens is 3. The number of anilines is 1. The molecule has 146 valence electrons. The van der Waals surface area contributed by atoms with Crippen molar-refractivity contribution >= 4 is 16.7 Å². The van der Waals surface area contributed by atoms with Crippen molar-refractivity contribution in [1.29, 1.82) is 0 Å². The van der Waals surface area contributed by atoms with E-state index >= 15 is 0 Å². The normalized spacial score (nSPS) is 10.7. The fourth-order valence-corrected chi connectivity index (χ4v) is 3.23. The van der Waals surface area contributed by atoms with Crippen molar-refractivity contribution in [3.63, 3.8) is 0 Å². The Labute approximate surface area is 169 Å². The van der Waals surface area contributed by atoms with Crippen molar-refractivity contribution < 1.29 is 9.47 Å². The molecule has 1 N–H and O–H groups in total. The van der Waals surface area contributed by atoms with Crippen LogP contribution in [0.4, 0.5) is 5.82 Å². The molecule has 6 heteroatoms. The molecule has 4 aromatic rings. The molecular formula is C23H22N4O2. The van der Waals surface area contributed by atoms with Crippen molar-refractivity contribution in [3.8, 4) is 22.8 Å². The Hall–Kier alpha value is -3.67. The molecule has 0 bridgehead atoms. The van der Waals surface area contributed by atoms with Gasteiger partial charge in [0, 0.05) is 35.8 Å². The monoisotopic (exact) mass is 386 g/mol. The van der Waals surface area contributed by atoms with E-state index in [-0.39, 0.29) is 0 Å². The molecule has 0 fully saturated rings. The maximum atomic E-state index is 5.46. The van der Waals surface area contributed by atoms with Crippen LogP contribution in [0.15, 0.2) is 67.1 Å². The molecule has 0 aliphatic carbocycles. The zero-order chi connectivity index (χ0) is 20.1. The number of nitrogens with zero attached hydrogens (tertiary/aromatic N) is 3. The molecule has 0 saturated carbocycles. The lowest BCUT2D eigenvalue weighted by Gasteiger charge is -2.11. The number of benzene rings is 2. The quantitative estimate of drug-likeness (QED) is 0.509. The molecule has 6 nitrogen and oxygen atoms in total. The van der Waals surface area contributed by atoms with E-state index in [0.29, 0.717) is 0 Å². The van der Waals surface area contributed by atoms with Crippen LogP contribution in [-0.2, 0) is 6.42 Å². The van der Waals surface area contributed by atoms with Crippen LogP contribution >= 0.6 is 0 Å². The molecule has 0 amide bonds. The molecule has 2 aromatic carbocycles. The fraction of sp³-hybridized carbons (Fsp3) is 0.174. The molecule has 0 radical (unpaired) electrons. The highest BCUT2D eigenvalue weighted by atomic mass is 16.5. The Kier molecular flexibility index (Phi) is 5.52. The van der Waals surface area contributed by atoms with Gasteiger partial charge in [0.05, 0.1) is 25.4 Å². The number of fused-ring (bicyclic) bond motifs is 1. The summed E-state index contributed by atoms with van der Waals surface area (Å²) in [5, 5.41) is 4.46. The molecule has 0 unspecified atom stereocenters. The summed E-state index contributed by atoms with van der Waals surface area (Å²) < 4.78 is 10.7. The van der Waals surface area contributed by atoms with E-state index < -0.39 is 0 Å². The topological polar surface area (TPSA) is 69.2 Å². The third-order valence-electron chi connectivity index (χ3n) is 4.76. The fourth-order valence-electron chi connectivity index (χ4n) is 3.23. The van der Waals surface area contributed by atoms with Gasteiger partial charge >= 0.3 is 0 Å². The molecule has 29 heavy (non-hydrogen) atoms. The number of ether oxygens (including phenoxy) is 2. The highest BCUT2D eigenvalue weighted by Crippen LogP contribution is 2.25. The number of pyridine rings is 1. The molecule has 2 aromatic heterocycles. The first-order valence-corrected chi connectivity index (χ1v) is 9.39. The maximum Gasteiger partial charge on any atom is 0.129 e. The van der Waals surface area contributed by atoms with Gasteiger partial charge < -0.3 is 14.8 Å². The van der Waals surface area contributed by atoms with Crippen LogP contribution in [-0.4, -0.2) is 35.7 Å². The first kappa shape index (κ1) is 18.7. The number of hydrogen-bond acceptors (Lipinski definition) is 6. The highest BCUT2D eigenvalue weighted by Gasteiger charge is 2.07. The van der Waals surface area contributed by atoms with Crippen LogP contribution < -0.4 is 14.8 Å². The van der Waals surface area contributed by atoms with Crippen molar-refractivity contribution in [2.24, 2.45) is 0 Å². The van der Waals surface area contributed by atoms with Crippen LogP contribution in [0.5, 0.6) is 11.5 Å². The van der Waals surface area contributed by atoms with Crippen LogP contribution in [0.1, 0.15) is 5.56 Å². The lowest BCUT2D eigenvalue weighted by Crippen LogP contribution is -2.07. The minimum Gasteiger partial charge on any atom is -0.497 e. The van der Waals surface area contributed by atoms with Crippen LogP contribution in [0.3, 0.4) is 0 Å². The van der Waals surface area contributed by atoms with Gasteiger partial charge in [-0.2, -0.15) is 0 Å². The third-order valence-corrected chi connectivity index (χ3v) is 4.76. The van der Waals surface area contributed by atoms with Crippen LogP contribution in [0.25, 0.3) is 22.2 Å². The van der Waals surface area contributed by atoms with Crippen molar-refractivity contribution in [1.82, 2.24) is 15.0 Å². The number of nitrogens with one attached hydrogen (secondary N) is 1. The summed E-state index contributed by atoms with van der Waals surface area (Å²) in [6.45, 7) is 0.723.